The first-order valence-electron chi connectivity index (χ1n) is 9.47. The van der Waals surface area contributed by atoms with Crippen molar-refractivity contribution in [3.8, 4) is 22.6 Å². The number of nitrogens with two attached hydrogens (primary N) is 1. The first kappa shape index (κ1) is 22.5. The number of ether oxygens (including phenoxy) is 3. The van der Waals surface area contributed by atoms with Gasteiger partial charge in [0.1, 0.15) is 12.4 Å². The Kier molecular flexibility index (Phi) is 6.89. The smallest absolute Gasteiger partial charge is 0.290 e. The molecule has 0 amide bonds. The molecule has 3 aromatic rings. The van der Waals surface area contributed by atoms with Crippen LogP contribution in [0.15, 0.2) is 65.9 Å². The van der Waals surface area contributed by atoms with Gasteiger partial charge in [-0.05, 0) is 41.0 Å². The number of hydrogen-bond acceptors (Lipinski definition) is 7. The van der Waals surface area contributed by atoms with Gasteiger partial charge in [-0.1, -0.05) is 24.3 Å². The number of rotatable bonds is 5. The lowest BCUT2D eigenvalue weighted by molar-refractivity contribution is -0.122. The van der Waals surface area contributed by atoms with E-state index in [1.807, 2.05) is 30.3 Å². The molecule has 0 bridgehead atoms. The molecule has 0 fully saturated rings. The average molecular weight is 439 g/mol. The van der Waals surface area contributed by atoms with Crippen molar-refractivity contribution in [3.05, 3.63) is 77.9 Å². The van der Waals surface area contributed by atoms with Crippen molar-refractivity contribution in [2.24, 2.45) is 10.7 Å². The lowest BCUT2D eigenvalue weighted by Crippen LogP contribution is -2.27. The molecule has 3 N–H and O–H groups in total. The number of benzene rings is 2. The minimum absolute atomic E-state index is 0.0645. The Morgan fingerprint density at radius 2 is 1.84 bits per heavy atom. The zero-order valence-corrected chi connectivity index (χ0v) is 17.5. The maximum absolute atomic E-state index is 14.4. The molecular weight excluding hydrogens is 417 g/mol. The Morgan fingerprint density at radius 1 is 1.09 bits per heavy atom. The van der Waals surface area contributed by atoms with Gasteiger partial charge in [0.15, 0.2) is 17.1 Å². The molecule has 0 radical (unpaired) electrons. The minimum atomic E-state index is -0.959. The molecule has 1 atom stereocenters. The Hall–Kier alpha value is -4.14. The van der Waals surface area contributed by atoms with Crippen LogP contribution in [0.25, 0.3) is 11.1 Å². The second kappa shape index (κ2) is 9.78. The summed E-state index contributed by atoms with van der Waals surface area (Å²) in [7, 11) is 3.02. The van der Waals surface area contributed by atoms with E-state index in [0.717, 1.165) is 16.7 Å². The van der Waals surface area contributed by atoms with E-state index in [9.17, 15) is 4.39 Å². The summed E-state index contributed by atoms with van der Waals surface area (Å²) in [5.41, 5.74) is 8.14. The molecule has 0 aliphatic carbocycles. The number of nitrogens with zero attached hydrogens (tertiary/aromatic N) is 2. The van der Waals surface area contributed by atoms with Crippen LogP contribution < -0.4 is 15.2 Å². The predicted octanol–water partition coefficient (Wildman–Crippen LogP) is 3.19. The van der Waals surface area contributed by atoms with Gasteiger partial charge in [-0.3, -0.25) is 9.78 Å². The van der Waals surface area contributed by atoms with Crippen LogP contribution in [0.3, 0.4) is 0 Å². The summed E-state index contributed by atoms with van der Waals surface area (Å²) in [6.45, 7) is -0.0790. The number of halogens is 1. The molecule has 1 aromatic heterocycles. The predicted molar refractivity (Wildman–Crippen MR) is 116 cm³/mol. The molecule has 1 unspecified atom stereocenters. The molecule has 0 saturated heterocycles. The van der Waals surface area contributed by atoms with Gasteiger partial charge in [0.2, 0.25) is 0 Å². The van der Waals surface area contributed by atoms with Gasteiger partial charge >= 0.3 is 0 Å². The Labute approximate surface area is 184 Å². The van der Waals surface area contributed by atoms with E-state index < -0.39 is 11.4 Å². The zero-order chi connectivity index (χ0) is 23.1. The lowest BCUT2D eigenvalue weighted by atomic mass is 9.83. The number of aliphatic imine (C=N–C) groups is 1. The van der Waals surface area contributed by atoms with Gasteiger partial charge in [-0.2, -0.15) is 0 Å². The van der Waals surface area contributed by atoms with Crippen LogP contribution in [-0.2, 0) is 15.1 Å². The standard InChI is InChI=1S/C22H20FN3O3.CH2O2/c1-27-18-9-15(11-25-12-18)14-4-3-5-16(8-14)22(13-29-21(24)26-22)17-6-7-20(28-2)19(23)10-17;2-1-3/h3-12H,13H2,1-2H3,(H2,24,26);1H,(H,2,3). The highest BCUT2D eigenvalue weighted by Gasteiger charge is 2.40. The van der Waals surface area contributed by atoms with Crippen LogP contribution in [0.5, 0.6) is 11.5 Å². The molecule has 0 spiro atoms. The molecule has 4 rings (SSSR count). The minimum Gasteiger partial charge on any atom is -0.495 e. The number of carboxylic acid groups (broad SMARTS) is 1. The molecule has 32 heavy (non-hydrogen) atoms. The highest BCUT2D eigenvalue weighted by Crippen LogP contribution is 2.40. The van der Waals surface area contributed by atoms with Crippen molar-refractivity contribution < 1.29 is 28.5 Å². The fraction of sp³-hybridized carbons (Fsp3) is 0.174. The first-order chi connectivity index (χ1) is 15.5. The highest BCUT2D eigenvalue weighted by atomic mass is 19.1. The lowest BCUT2D eigenvalue weighted by Gasteiger charge is -2.26. The third-order valence-electron chi connectivity index (χ3n) is 4.98. The Bertz CT molecular complexity index is 1140. The van der Waals surface area contributed by atoms with Crippen molar-refractivity contribution in [3.63, 3.8) is 0 Å². The third-order valence-corrected chi connectivity index (χ3v) is 4.98. The van der Waals surface area contributed by atoms with Crippen LogP contribution in [0, 0.1) is 5.82 Å². The van der Waals surface area contributed by atoms with Gasteiger partial charge in [0, 0.05) is 11.8 Å². The SMILES string of the molecule is COc1cncc(-c2cccc(C3(c4ccc(OC)c(F)c4)COC(N)=N3)c2)c1.O=CO. The molecule has 2 heterocycles. The molecule has 8 nitrogen and oxygen atoms in total. The fourth-order valence-electron chi connectivity index (χ4n) is 3.46. The van der Waals surface area contributed by atoms with E-state index in [1.54, 1.807) is 31.6 Å². The third kappa shape index (κ3) is 4.46. The van der Waals surface area contributed by atoms with Crippen LogP contribution in [-0.4, -0.2) is 43.4 Å². The van der Waals surface area contributed by atoms with Gasteiger partial charge in [-0.25, -0.2) is 9.38 Å². The summed E-state index contributed by atoms with van der Waals surface area (Å²) in [5.74, 6) is 0.348. The van der Waals surface area contributed by atoms with Gasteiger partial charge < -0.3 is 25.1 Å². The molecule has 1 aliphatic rings. The maximum Gasteiger partial charge on any atom is 0.290 e. The second-order valence-corrected chi connectivity index (χ2v) is 6.75. The van der Waals surface area contributed by atoms with Crippen molar-refractivity contribution in [2.75, 3.05) is 20.8 Å². The fourth-order valence-corrected chi connectivity index (χ4v) is 3.46. The summed E-state index contributed by atoms with van der Waals surface area (Å²) in [5, 5.41) is 6.89. The van der Waals surface area contributed by atoms with Crippen molar-refractivity contribution >= 4 is 12.5 Å². The zero-order valence-electron chi connectivity index (χ0n) is 17.5. The van der Waals surface area contributed by atoms with E-state index >= 15 is 0 Å². The largest absolute Gasteiger partial charge is 0.495 e. The second-order valence-electron chi connectivity index (χ2n) is 6.75. The molecule has 2 aromatic carbocycles. The van der Waals surface area contributed by atoms with Crippen LogP contribution >= 0.6 is 0 Å². The average Bonchev–Trinajstić information content (AvgIpc) is 3.22. The highest BCUT2D eigenvalue weighted by molar-refractivity contribution is 5.76. The Morgan fingerprint density at radius 3 is 2.47 bits per heavy atom. The molecule has 166 valence electrons. The van der Waals surface area contributed by atoms with Crippen LogP contribution in [0.4, 0.5) is 4.39 Å². The monoisotopic (exact) mass is 439 g/mol. The van der Waals surface area contributed by atoms with Crippen LogP contribution in [0.2, 0.25) is 0 Å². The normalized spacial score (nSPS) is 16.8. The summed E-state index contributed by atoms with van der Waals surface area (Å²) in [4.78, 5) is 17.1. The van der Waals surface area contributed by atoms with E-state index in [2.05, 4.69) is 9.98 Å². The number of carbonyl (C=O) groups is 1. The summed E-state index contributed by atoms with van der Waals surface area (Å²) in [6.07, 6.45) is 3.40. The quantitative estimate of drug-likeness (QED) is 0.587. The van der Waals surface area contributed by atoms with Gasteiger partial charge in [-0.15, -0.1) is 0 Å². The van der Waals surface area contributed by atoms with Crippen molar-refractivity contribution in [2.45, 2.75) is 5.54 Å². The topological polar surface area (TPSA) is 116 Å². The molecule has 9 heteroatoms. The van der Waals surface area contributed by atoms with Crippen LogP contribution in [0.1, 0.15) is 11.1 Å². The van der Waals surface area contributed by atoms with E-state index in [4.69, 9.17) is 29.8 Å². The Balaban J connectivity index is 0.000000913. The number of pyridine rings is 1. The van der Waals surface area contributed by atoms with Crippen molar-refractivity contribution in [1.29, 1.82) is 0 Å². The number of methoxy groups -OCH3 is 2. The molecular formula is C23H22FN3O5. The maximum atomic E-state index is 14.4. The number of amidine groups is 1. The van der Waals surface area contributed by atoms with Gasteiger partial charge in [0.25, 0.3) is 12.5 Å². The number of aromatic nitrogens is 1. The summed E-state index contributed by atoms with van der Waals surface area (Å²) < 4.78 is 30.3. The van der Waals surface area contributed by atoms with E-state index in [0.29, 0.717) is 11.3 Å². The van der Waals surface area contributed by atoms with Gasteiger partial charge in [0.05, 0.1) is 20.4 Å². The molecule has 0 saturated carbocycles. The summed E-state index contributed by atoms with van der Waals surface area (Å²) in [6, 6.07) is 14.5. The van der Waals surface area contributed by atoms with Crippen molar-refractivity contribution in [1.82, 2.24) is 4.98 Å². The van der Waals surface area contributed by atoms with E-state index in [1.165, 1.54) is 13.2 Å². The first-order valence-corrected chi connectivity index (χ1v) is 9.47. The van der Waals surface area contributed by atoms with E-state index in [-0.39, 0.29) is 24.9 Å². The molecule has 1 aliphatic heterocycles. The summed E-state index contributed by atoms with van der Waals surface area (Å²) >= 11 is 0. The number of hydrogen-bond donors (Lipinski definition) is 2.